The third-order valence-corrected chi connectivity index (χ3v) is 19.3. The summed E-state index contributed by atoms with van der Waals surface area (Å²) in [5.74, 6) is 1.91. The first-order chi connectivity index (χ1) is 49.6. The molecular formula is C87H53N13. The van der Waals surface area contributed by atoms with Crippen LogP contribution in [0.25, 0.3) is 190 Å². The Kier molecular flexibility index (Phi) is 12.9. The Balaban J connectivity index is 0.758. The van der Waals surface area contributed by atoms with E-state index in [1.165, 1.54) is 21.5 Å². The number of hydrogen-bond acceptors (Lipinski definition) is 9. The van der Waals surface area contributed by atoms with E-state index in [4.69, 9.17) is 34.9 Å². The second kappa shape index (κ2) is 22.9. The van der Waals surface area contributed by atoms with Gasteiger partial charge in [0.15, 0.2) is 11.6 Å². The molecule has 13 heteroatoms. The van der Waals surface area contributed by atoms with Crippen molar-refractivity contribution in [2.45, 2.75) is 0 Å². The fraction of sp³-hybridized carbons (Fsp3) is 0. The second-order valence-electron chi connectivity index (χ2n) is 25.0. The average Bonchev–Trinajstić information content (AvgIpc) is 1.56. The zero-order valence-corrected chi connectivity index (χ0v) is 53.4. The van der Waals surface area contributed by atoms with Crippen LogP contribution in [0.3, 0.4) is 0 Å². The zero-order valence-electron chi connectivity index (χ0n) is 53.4. The van der Waals surface area contributed by atoms with E-state index in [2.05, 4.69) is 265 Å². The molecule has 20 rings (SSSR count). The molecule has 466 valence electrons. The number of para-hydroxylation sites is 7. The molecule has 0 N–H and O–H groups in total. The smallest absolute Gasteiger partial charge is 0.240 e. The van der Waals surface area contributed by atoms with Crippen molar-refractivity contribution in [1.82, 2.24) is 63.1 Å². The van der Waals surface area contributed by atoms with Crippen molar-refractivity contribution in [2.24, 2.45) is 0 Å². The normalized spacial score (nSPS) is 11.8. The first-order valence-corrected chi connectivity index (χ1v) is 33.2. The molecule has 0 fully saturated rings. The van der Waals surface area contributed by atoms with Crippen molar-refractivity contribution in [3.63, 3.8) is 0 Å². The van der Waals surface area contributed by atoms with Gasteiger partial charge >= 0.3 is 0 Å². The summed E-state index contributed by atoms with van der Waals surface area (Å²) in [4.78, 5) is 46.4. The highest BCUT2D eigenvalue weighted by molar-refractivity contribution is 6.13. The van der Waals surface area contributed by atoms with Gasteiger partial charge in [0, 0.05) is 102 Å². The van der Waals surface area contributed by atoms with Crippen LogP contribution < -0.4 is 0 Å². The number of pyridine rings is 4. The van der Waals surface area contributed by atoms with E-state index in [1.54, 1.807) is 6.20 Å². The molecule has 0 spiro atoms. The van der Waals surface area contributed by atoms with E-state index in [9.17, 15) is 0 Å². The number of nitrogens with zero attached hydrogens (tertiary/aromatic N) is 13. The second-order valence-corrected chi connectivity index (χ2v) is 25.0. The molecule has 0 aliphatic rings. The molecule has 10 aromatic carbocycles. The van der Waals surface area contributed by atoms with Crippen LogP contribution in [0.15, 0.2) is 322 Å². The molecule has 0 amide bonds. The van der Waals surface area contributed by atoms with E-state index in [0.29, 0.717) is 40.6 Å². The van der Waals surface area contributed by atoms with E-state index in [-0.39, 0.29) is 0 Å². The SMILES string of the molecule is c1ccc(-c2cc(-c3cc(-n4c5ccccc5c5ccccc54)cc(-n4c5ccccc5c5ccccc54)c3)nc(-c3cccc(-c4ccc5c(c4)c4ccccc4n5-c4nc(-c5cc(-c6ccncc6)cc(-c6ccncc6)c5)nc(-n5c6ccccc6c6ccccc65)n4)n3)n2)nc1. The maximum Gasteiger partial charge on any atom is 0.240 e. The molecule has 13 nitrogen and oxygen atoms in total. The van der Waals surface area contributed by atoms with Crippen LogP contribution in [0, 0.1) is 0 Å². The monoisotopic (exact) mass is 1280 g/mol. The van der Waals surface area contributed by atoms with Gasteiger partial charge in [-0.05, 0) is 168 Å². The van der Waals surface area contributed by atoms with Crippen LogP contribution in [0.1, 0.15) is 0 Å². The van der Waals surface area contributed by atoms with Gasteiger partial charge in [-0.25, -0.2) is 15.0 Å². The highest BCUT2D eigenvalue weighted by Gasteiger charge is 2.24. The molecule has 10 heterocycles. The average molecular weight is 1280 g/mol. The number of fused-ring (bicyclic) bond motifs is 12. The predicted molar refractivity (Wildman–Crippen MR) is 402 cm³/mol. The fourth-order valence-electron chi connectivity index (χ4n) is 14.8. The summed E-state index contributed by atoms with van der Waals surface area (Å²) in [5, 5.41) is 8.93. The molecule has 0 saturated carbocycles. The van der Waals surface area contributed by atoms with Gasteiger partial charge in [-0.1, -0.05) is 146 Å². The van der Waals surface area contributed by atoms with Crippen LogP contribution in [0.5, 0.6) is 0 Å². The first kappa shape index (κ1) is 56.4. The summed E-state index contributed by atoms with van der Waals surface area (Å²) in [6, 6.07) is 102. The molecular weight excluding hydrogens is 1230 g/mol. The highest BCUT2D eigenvalue weighted by atomic mass is 15.3. The molecule has 0 radical (unpaired) electrons. The molecule has 0 aliphatic heterocycles. The van der Waals surface area contributed by atoms with E-state index < -0.39 is 0 Å². The van der Waals surface area contributed by atoms with Crippen molar-refractivity contribution in [2.75, 3.05) is 0 Å². The van der Waals surface area contributed by atoms with Crippen LogP contribution in [-0.4, -0.2) is 63.1 Å². The maximum atomic E-state index is 5.54. The Bertz CT molecular complexity index is 6320. The topological polar surface area (TPSA) is 136 Å². The number of rotatable bonds is 11. The lowest BCUT2D eigenvalue weighted by Crippen LogP contribution is -2.10. The van der Waals surface area contributed by atoms with Crippen molar-refractivity contribution in [3.8, 4) is 102 Å². The Labute approximate surface area is 571 Å². The highest BCUT2D eigenvalue weighted by Crippen LogP contribution is 2.42. The summed E-state index contributed by atoms with van der Waals surface area (Å²) in [5.41, 5.74) is 20.3. The number of hydrogen-bond donors (Lipinski definition) is 0. The van der Waals surface area contributed by atoms with Gasteiger partial charge in [0.2, 0.25) is 11.9 Å². The fourth-order valence-corrected chi connectivity index (χ4v) is 14.8. The van der Waals surface area contributed by atoms with Crippen LogP contribution in [0.4, 0.5) is 0 Å². The van der Waals surface area contributed by atoms with Gasteiger partial charge in [-0.15, -0.1) is 0 Å². The lowest BCUT2D eigenvalue weighted by Gasteiger charge is -2.16. The van der Waals surface area contributed by atoms with Crippen molar-refractivity contribution >= 4 is 87.2 Å². The minimum absolute atomic E-state index is 0.460. The van der Waals surface area contributed by atoms with Crippen LogP contribution >= 0.6 is 0 Å². The first-order valence-electron chi connectivity index (χ1n) is 33.2. The summed E-state index contributed by atoms with van der Waals surface area (Å²) in [6.45, 7) is 0. The standard InChI is InChI=1S/C87H53N13/c1-8-28-76-63(18-1)64-19-2-9-29-77(64)97(76)61-49-59(50-62(52-61)98-78-30-10-3-20-65(78)66-21-4-11-31-79(66)98)74-53-75(72-25-15-16-41-90-72)93-85(92-74)73-27-17-26-71(91-73)56-35-36-83-70(51-56)69-24-7-14-34-82(69)100(83)87-95-84(94-86(96-87)99-80-32-12-5-22-67(80)68-23-6-13-33-81(68)99)60-47-57(54-37-42-88-43-38-54)46-58(48-60)55-39-44-89-45-40-55/h1-53H. The third kappa shape index (κ3) is 9.28. The molecule has 0 unspecified atom stereocenters. The predicted octanol–water partition coefficient (Wildman–Crippen LogP) is 20.3. The molecule has 0 bridgehead atoms. The van der Waals surface area contributed by atoms with E-state index in [0.717, 1.165) is 127 Å². The van der Waals surface area contributed by atoms with Crippen molar-refractivity contribution in [1.29, 1.82) is 0 Å². The summed E-state index contributed by atoms with van der Waals surface area (Å²) in [7, 11) is 0. The van der Waals surface area contributed by atoms with Gasteiger partial charge in [0.1, 0.15) is 5.69 Å². The quantitative estimate of drug-likeness (QED) is 0.124. The van der Waals surface area contributed by atoms with Crippen molar-refractivity contribution < 1.29 is 0 Å². The maximum absolute atomic E-state index is 5.54. The third-order valence-electron chi connectivity index (χ3n) is 19.3. The van der Waals surface area contributed by atoms with Gasteiger partial charge in [-0.2, -0.15) is 15.0 Å². The lowest BCUT2D eigenvalue weighted by atomic mass is 9.97. The number of benzene rings is 10. The van der Waals surface area contributed by atoms with E-state index in [1.807, 2.05) is 79.4 Å². The van der Waals surface area contributed by atoms with Crippen LogP contribution in [-0.2, 0) is 0 Å². The number of aromatic nitrogens is 13. The molecule has 10 aromatic heterocycles. The molecule has 0 saturated heterocycles. The van der Waals surface area contributed by atoms with Crippen LogP contribution in [0.2, 0.25) is 0 Å². The summed E-state index contributed by atoms with van der Waals surface area (Å²) < 4.78 is 9.08. The Morgan fingerprint density at radius 3 is 1.08 bits per heavy atom. The molecule has 20 aromatic rings. The summed E-state index contributed by atoms with van der Waals surface area (Å²) >= 11 is 0. The van der Waals surface area contributed by atoms with Gasteiger partial charge in [0.05, 0.1) is 66.9 Å². The van der Waals surface area contributed by atoms with Gasteiger partial charge in [0.25, 0.3) is 0 Å². The summed E-state index contributed by atoms with van der Waals surface area (Å²) in [6.07, 6.45) is 9.08. The molecule has 0 aliphatic carbocycles. The lowest BCUT2D eigenvalue weighted by molar-refractivity contribution is 0.893. The van der Waals surface area contributed by atoms with Crippen molar-refractivity contribution in [3.05, 3.63) is 322 Å². The van der Waals surface area contributed by atoms with E-state index >= 15 is 0 Å². The minimum atomic E-state index is 0.460. The minimum Gasteiger partial charge on any atom is -0.309 e. The molecule has 100 heavy (non-hydrogen) atoms. The Hall–Kier alpha value is -13.9. The zero-order chi connectivity index (χ0) is 65.8. The Morgan fingerprint density at radius 1 is 0.190 bits per heavy atom. The largest absolute Gasteiger partial charge is 0.309 e. The molecule has 0 atom stereocenters. The Morgan fingerprint density at radius 2 is 0.600 bits per heavy atom. The van der Waals surface area contributed by atoms with Gasteiger partial charge in [-0.3, -0.25) is 24.1 Å². The van der Waals surface area contributed by atoms with Gasteiger partial charge < -0.3 is 9.13 Å².